The molecule has 0 fully saturated rings. The summed E-state index contributed by atoms with van der Waals surface area (Å²) < 4.78 is 1.79. The van der Waals surface area contributed by atoms with Crippen molar-refractivity contribution in [2.45, 2.75) is 19.4 Å². The van der Waals surface area contributed by atoms with Crippen LogP contribution in [-0.2, 0) is 20.0 Å². The number of nitrogens with zero attached hydrogens (tertiary/aromatic N) is 3. The molecular formula is C14H17N5O. The largest absolute Gasteiger partial charge is 0.384 e. The molecule has 0 atom stereocenters. The Morgan fingerprint density at radius 1 is 1.50 bits per heavy atom. The fourth-order valence-electron chi connectivity index (χ4n) is 2.42. The van der Waals surface area contributed by atoms with Gasteiger partial charge in [0, 0.05) is 13.6 Å². The van der Waals surface area contributed by atoms with E-state index in [0.717, 1.165) is 30.9 Å². The smallest absolute Gasteiger partial charge is 0.253 e. The van der Waals surface area contributed by atoms with Gasteiger partial charge in [0.1, 0.15) is 6.33 Å². The summed E-state index contributed by atoms with van der Waals surface area (Å²) in [5.41, 5.74) is 2.88. The molecule has 0 unspecified atom stereocenters. The highest BCUT2D eigenvalue weighted by molar-refractivity contribution is 6.00. The molecule has 1 aliphatic heterocycles. The number of hydrogen-bond acceptors (Lipinski definition) is 4. The summed E-state index contributed by atoms with van der Waals surface area (Å²) in [4.78, 5) is 12.3. The Morgan fingerprint density at radius 3 is 3.20 bits per heavy atom. The maximum atomic E-state index is 12.3. The fourth-order valence-corrected chi connectivity index (χ4v) is 2.42. The molecule has 0 saturated heterocycles. The topological polar surface area (TPSA) is 71.8 Å². The number of hydrogen-bond donors (Lipinski definition) is 2. The van der Waals surface area contributed by atoms with Gasteiger partial charge in [0.15, 0.2) is 5.82 Å². The molecule has 0 spiro atoms. The molecule has 2 N–H and O–H groups in total. The molecule has 3 rings (SSSR count). The third kappa shape index (κ3) is 2.36. The predicted octanol–water partition coefficient (Wildman–Crippen LogP) is 1.10. The average Bonchev–Trinajstić information content (AvgIpc) is 2.89. The lowest BCUT2D eigenvalue weighted by atomic mass is 9.99. The van der Waals surface area contributed by atoms with E-state index in [0.29, 0.717) is 12.1 Å². The van der Waals surface area contributed by atoms with E-state index in [-0.39, 0.29) is 5.91 Å². The van der Waals surface area contributed by atoms with E-state index in [4.69, 9.17) is 0 Å². The molecule has 2 heterocycles. The van der Waals surface area contributed by atoms with Crippen LogP contribution < -0.4 is 10.6 Å². The Morgan fingerprint density at radius 2 is 2.40 bits per heavy atom. The second kappa shape index (κ2) is 5.32. The van der Waals surface area contributed by atoms with Crippen molar-refractivity contribution in [1.82, 2.24) is 20.1 Å². The molecule has 6 heteroatoms. The first kappa shape index (κ1) is 12.7. The molecule has 1 aromatic heterocycles. The van der Waals surface area contributed by atoms with Crippen LogP contribution in [0.4, 0.5) is 5.69 Å². The van der Waals surface area contributed by atoms with Crippen LogP contribution in [0.2, 0.25) is 0 Å². The predicted molar refractivity (Wildman–Crippen MR) is 75.4 cm³/mol. The Kier molecular flexibility index (Phi) is 3.37. The first-order valence-electron chi connectivity index (χ1n) is 6.72. The number of rotatable bonds is 3. The van der Waals surface area contributed by atoms with Crippen LogP contribution in [-0.4, -0.2) is 27.2 Å². The number of amides is 1. The lowest BCUT2D eigenvalue weighted by Crippen LogP contribution is -2.26. The Balaban J connectivity index is 1.76. The van der Waals surface area contributed by atoms with E-state index in [1.54, 1.807) is 10.9 Å². The molecule has 1 aromatic carbocycles. The summed E-state index contributed by atoms with van der Waals surface area (Å²) in [6, 6.07) is 5.85. The molecule has 0 bridgehead atoms. The number of carbonyl (C=O) groups excluding carboxylic acids is 1. The first-order valence-corrected chi connectivity index (χ1v) is 6.72. The van der Waals surface area contributed by atoms with Crippen LogP contribution in [0.15, 0.2) is 24.5 Å². The number of aromatic nitrogens is 3. The number of fused-ring (bicyclic) bond motifs is 1. The van der Waals surface area contributed by atoms with E-state index >= 15 is 0 Å². The van der Waals surface area contributed by atoms with Gasteiger partial charge in [-0.3, -0.25) is 4.79 Å². The molecular weight excluding hydrogens is 254 g/mol. The van der Waals surface area contributed by atoms with Crippen molar-refractivity contribution in [3.63, 3.8) is 0 Å². The van der Waals surface area contributed by atoms with Gasteiger partial charge < -0.3 is 15.2 Å². The third-order valence-corrected chi connectivity index (χ3v) is 3.53. The van der Waals surface area contributed by atoms with Crippen LogP contribution in [0.25, 0.3) is 0 Å². The second-order valence-corrected chi connectivity index (χ2v) is 4.91. The molecule has 0 aliphatic carbocycles. The molecule has 2 aromatic rings. The average molecular weight is 271 g/mol. The third-order valence-electron chi connectivity index (χ3n) is 3.53. The quantitative estimate of drug-likeness (QED) is 0.877. The number of para-hydroxylation sites is 1. The number of aryl methyl sites for hydroxylation is 2. The van der Waals surface area contributed by atoms with Crippen LogP contribution in [0.1, 0.15) is 28.2 Å². The SMILES string of the molecule is Cn1cnnc1CNC(=O)c1cccc2c1NCCC2. The zero-order valence-corrected chi connectivity index (χ0v) is 11.4. The van der Waals surface area contributed by atoms with Gasteiger partial charge in [-0.15, -0.1) is 10.2 Å². The van der Waals surface area contributed by atoms with Gasteiger partial charge >= 0.3 is 0 Å². The van der Waals surface area contributed by atoms with E-state index in [2.05, 4.69) is 26.9 Å². The first-order chi connectivity index (χ1) is 9.75. The standard InChI is InChI=1S/C14H17N5O/c1-19-9-17-18-12(19)8-16-14(20)11-6-2-4-10-5-3-7-15-13(10)11/h2,4,6,9,15H,3,5,7-8H2,1H3,(H,16,20). The number of anilines is 1. The van der Waals surface area contributed by atoms with Crippen molar-refractivity contribution in [2.24, 2.45) is 7.05 Å². The van der Waals surface area contributed by atoms with E-state index in [1.807, 2.05) is 19.2 Å². The lowest BCUT2D eigenvalue weighted by Gasteiger charge is -2.20. The van der Waals surface area contributed by atoms with Crippen molar-refractivity contribution < 1.29 is 4.79 Å². The lowest BCUT2D eigenvalue weighted by molar-refractivity contribution is 0.0950. The van der Waals surface area contributed by atoms with Crippen molar-refractivity contribution in [2.75, 3.05) is 11.9 Å². The van der Waals surface area contributed by atoms with Crippen molar-refractivity contribution >= 4 is 11.6 Å². The molecule has 20 heavy (non-hydrogen) atoms. The summed E-state index contributed by atoms with van der Waals surface area (Å²) in [7, 11) is 1.85. The number of benzene rings is 1. The maximum Gasteiger partial charge on any atom is 0.253 e. The van der Waals surface area contributed by atoms with Gasteiger partial charge in [-0.25, -0.2) is 0 Å². The van der Waals surface area contributed by atoms with Gasteiger partial charge in [0.25, 0.3) is 5.91 Å². The number of nitrogens with one attached hydrogen (secondary N) is 2. The van der Waals surface area contributed by atoms with E-state index < -0.39 is 0 Å². The minimum absolute atomic E-state index is 0.0840. The summed E-state index contributed by atoms with van der Waals surface area (Å²) in [6.45, 7) is 1.29. The van der Waals surface area contributed by atoms with Gasteiger partial charge in [-0.1, -0.05) is 12.1 Å². The summed E-state index contributed by atoms with van der Waals surface area (Å²) in [6.07, 6.45) is 3.75. The summed E-state index contributed by atoms with van der Waals surface area (Å²) >= 11 is 0. The molecule has 104 valence electrons. The summed E-state index contributed by atoms with van der Waals surface area (Å²) in [5, 5.41) is 14.0. The second-order valence-electron chi connectivity index (χ2n) is 4.91. The van der Waals surface area contributed by atoms with Gasteiger partial charge in [0.05, 0.1) is 17.8 Å². The normalized spacial score (nSPS) is 13.4. The van der Waals surface area contributed by atoms with Gasteiger partial charge in [0.2, 0.25) is 0 Å². The Labute approximate surface area is 117 Å². The van der Waals surface area contributed by atoms with Crippen molar-refractivity contribution in [3.8, 4) is 0 Å². The molecule has 0 saturated carbocycles. The van der Waals surface area contributed by atoms with Crippen molar-refractivity contribution in [1.29, 1.82) is 0 Å². The molecule has 1 amide bonds. The van der Waals surface area contributed by atoms with E-state index in [1.165, 1.54) is 5.56 Å². The summed E-state index contributed by atoms with van der Waals surface area (Å²) in [5.74, 6) is 0.648. The zero-order chi connectivity index (χ0) is 13.9. The monoisotopic (exact) mass is 271 g/mol. The fraction of sp³-hybridized carbons (Fsp3) is 0.357. The van der Waals surface area contributed by atoms with Crippen LogP contribution in [0, 0.1) is 0 Å². The Bertz CT molecular complexity index is 634. The van der Waals surface area contributed by atoms with Crippen molar-refractivity contribution in [3.05, 3.63) is 41.5 Å². The van der Waals surface area contributed by atoms with Gasteiger partial charge in [-0.2, -0.15) is 0 Å². The van der Waals surface area contributed by atoms with Crippen LogP contribution in [0.5, 0.6) is 0 Å². The highest BCUT2D eigenvalue weighted by Gasteiger charge is 2.17. The minimum Gasteiger partial charge on any atom is -0.384 e. The molecule has 0 radical (unpaired) electrons. The van der Waals surface area contributed by atoms with E-state index in [9.17, 15) is 4.79 Å². The highest BCUT2D eigenvalue weighted by Crippen LogP contribution is 2.25. The maximum absolute atomic E-state index is 12.3. The highest BCUT2D eigenvalue weighted by atomic mass is 16.1. The minimum atomic E-state index is -0.0840. The van der Waals surface area contributed by atoms with Crippen LogP contribution >= 0.6 is 0 Å². The molecule has 1 aliphatic rings. The number of carbonyl (C=O) groups is 1. The zero-order valence-electron chi connectivity index (χ0n) is 11.4. The van der Waals surface area contributed by atoms with Gasteiger partial charge in [-0.05, 0) is 24.5 Å². The van der Waals surface area contributed by atoms with Crippen LogP contribution in [0.3, 0.4) is 0 Å². The Hall–Kier alpha value is -2.37. The molecule has 6 nitrogen and oxygen atoms in total.